The second-order valence-electron chi connectivity index (χ2n) is 14.4. The minimum absolute atomic E-state index is 0.630. The SMILES string of the molecule is c1ccc(-c2ccc(-c3ccc(-c4ccc(-c5nc(-c6ccccc6)nc(-c6ccccc6)n5)c5ccccc45)c4c3oc3cc5ccccc5cc34)cc2)cc1. The first-order valence-electron chi connectivity index (χ1n) is 19.2. The zero-order valence-corrected chi connectivity index (χ0v) is 30.8. The molecule has 0 spiro atoms. The maximum absolute atomic E-state index is 6.91. The molecular formula is C53H33N3O. The van der Waals surface area contributed by atoms with Crippen molar-refractivity contribution < 1.29 is 4.42 Å². The third kappa shape index (κ3) is 5.74. The summed E-state index contributed by atoms with van der Waals surface area (Å²) in [7, 11) is 0. The molecule has 0 amide bonds. The molecule has 0 saturated carbocycles. The van der Waals surface area contributed by atoms with Crippen molar-refractivity contribution in [2.75, 3.05) is 0 Å². The third-order valence-corrected chi connectivity index (χ3v) is 10.9. The van der Waals surface area contributed by atoms with Crippen LogP contribution >= 0.6 is 0 Å². The lowest BCUT2D eigenvalue weighted by Gasteiger charge is -2.14. The van der Waals surface area contributed by atoms with Crippen LogP contribution in [0.2, 0.25) is 0 Å². The summed E-state index contributed by atoms with van der Waals surface area (Å²) in [6, 6.07) is 69.9. The third-order valence-electron chi connectivity index (χ3n) is 10.9. The number of nitrogens with zero attached hydrogens (tertiary/aromatic N) is 3. The van der Waals surface area contributed by atoms with E-state index in [1.54, 1.807) is 0 Å². The molecule has 11 aromatic rings. The van der Waals surface area contributed by atoms with Crippen molar-refractivity contribution in [3.63, 3.8) is 0 Å². The largest absolute Gasteiger partial charge is 0.455 e. The Morgan fingerprint density at radius 2 is 0.754 bits per heavy atom. The Morgan fingerprint density at radius 3 is 1.40 bits per heavy atom. The van der Waals surface area contributed by atoms with Gasteiger partial charge in [-0.3, -0.25) is 0 Å². The number of furan rings is 1. The van der Waals surface area contributed by atoms with E-state index >= 15 is 0 Å². The molecule has 0 aliphatic carbocycles. The summed E-state index contributed by atoms with van der Waals surface area (Å²) in [5.74, 6) is 1.91. The van der Waals surface area contributed by atoms with E-state index in [9.17, 15) is 0 Å². The van der Waals surface area contributed by atoms with Gasteiger partial charge >= 0.3 is 0 Å². The van der Waals surface area contributed by atoms with Gasteiger partial charge in [-0.2, -0.15) is 0 Å². The Balaban J connectivity index is 1.13. The molecule has 0 fully saturated rings. The lowest BCUT2D eigenvalue weighted by molar-refractivity contribution is 0.670. The summed E-state index contributed by atoms with van der Waals surface area (Å²) in [4.78, 5) is 15.1. The number of hydrogen-bond acceptors (Lipinski definition) is 4. The highest BCUT2D eigenvalue weighted by Gasteiger charge is 2.21. The zero-order valence-electron chi connectivity index (χ0n) is 30.8. The lowest BCUT2D eigenvalue weighted by Crippen LogP contribution is -2.00. The minimum atomic E-state index is 0.630. The molecular weight excluding hydrogens is 695 g/mol. The molecule has 0 N–H and O–H groups in total. The van der Waals surface area contributed by atoms with E-state index in [-0.39, 0.29) is 0 Å². The highest BCUT2D eigenvalue weighted by Crippen LogP contribution is 2.45. The van der Waals surface area contributed by atoms with Gasteiger partial charge in [-0.25, -0.2) is 15.0 Å². The molecule has 0 radical (unpaired) electrons. The molecule has 0 unspecified atom stereocenters. The van der Waals surface area contributed by atoms with Crippen LogP contribution < -0.4 is 0 Å². The summed E-state index contributed by atoms with van der Waals surface area (Å²) in [5.41, 5.74) is 11.3. The average molecular weight is 728 g/mol. The summed E-state index contributed by atoms with van der Waals surface area (Å²) in [6.45, 7) is 0. The molecule has 0 aliphatic heterocycles. The van der Waals surface area contributed by atoms with Gasteiger partial charge in [-0.05, 0) is 73.6 Å². The van der Waals surface area contributed by atoms with Crippen molar-refractivity contribution in [2.45, 2.75) is 0 Å². The number of aromatic nitrogens is 3. The standard InChI is InChI=1S/C53H33N3O/c1-4-14-34(15-5-1)35-24-26-36(27-25-35)41-28-30-45(49-47-32-39-20-10-11-21-40(39)33-48(47)57-50(41)49)44-29-31-46(43-23-13-12-22-42(43)44)53-55-51(37-16-6-2-7-17-37)54-52(56-53)38-18-8-3-9-19-38/h1-33H. The molecule has 57 heavy (non-hydrogen) atoms. The molecule has 4 nitrogen and oxygen atoms in total. The number of hydrogen-bond donors (Lipinski definition) is 0. The average Bonchev–Trinajstić information content (AvgIpc) is 3.67. The second kappa shape index (κ2) is 13.6. The number of fused-ring (bicyclic) bond motifs is 5. The minimum Gasteiger partial charge on any atom is -0.455 e. The first-order chi connectivity index (χ1) is 28.2. The van der Waals surface area contributed by atoms with E-state index in [1.165, 1.54) is 16.5 Å². The van der Waals surface area contributed by atoms with Gasteiger partial charge in [0.15, 0.2) is 17.5 Å². The molecule has 0 atom stereocenters. The molecule has 11 rings (SSSR count). The van der Waals surface area contributed by atoms with Gasteiger partial charge in [0.25, 0.3) is 0 Å². The monoisotopic (exact) mass is 727 g/mol. The van der Waals surface area contributed by atoms with E-state index < -0.39 is 0 Å². The summed E-state index contributed by atoms with van der Waals surface area (Å²) >= 11 is 0. The van der Waals surface area contributed by atoms with Crippen LogP contribution in [0.15, 0.2) is 205 Å². The highest BCUT2D eigenvalue weighted by atomic mass is 16.3. The smallest absolute Gasteiger partial charge is 0.164 e. The molecule has 2 heterocycles. The quantitative estimate of drug-likeness (QED) is 0.171. The second-order valence-corrected chi connectivity index (χ2v) is 14.4. The van der Waals surface area contributed by atoms with E-state index in [2.05, 4.69) is 133 Å². The van der Waals surface area contributed by atoms with Gasteiger partial charge in [0.2, 0.25) is 0 Å². The maximum Gasteiger partial charge on any atom is 0.164 e. The lowest BCUT2D eigenvalue weighted by atomic mass is 9.90. The van der Waals surface area contributed by atoms with Crippen LogP contribution in [0.5, 0.6) is 0 Å². The van der Waals surface area contributed by atoms with Crippen LogP contribution in [0, 0.1) is 0 Å². The van der Waals surface area contributed by atoms with Gasteiger partial charge in [0, 0.05) is 33.0 Å². The zero-order chi connectivity index (χ0) is 37.7. The first-order valence-corrected chi connectivity index (χ1v) is 19.2. The van der Waals surface area contributed by atoms with Gasteiger partial charge in [0.1, 0.15) is 11.2 Å². The van der Waals surface area contributed by atoms with Gasteiger partial charge < -0.3 is 4.42 Å². The van der Waals surface area contributed by atoms with Crippen LogP contribution in [0.1, 0.15) is 0 Å². The normalized spacial score (nSPS) is 11.5. The van der Waals surface area contributed by atoms with Crippen LogP contribution in [0.4, 0.5) is 0 Å². The van der Waals surface area contributed by atoms with Crippen molar-refractivity contribution in [1.29, 1.82) is 0 Å². The molecule has 2 aromatic heterocycles. The fourth-order valence-corrected chi connectivity index (χ4v) is 8.15. The van der Waals surface area contributed by atoms with E-state index in [1.807, 2.05) is 66.7 Å². The molecule has 4 heteroatoms. The van der Waals surface area contributed by atoms with Gasteiger partial charge in [-0.15, -0.1) is 0 Å². The van der Waals surface area contributed by atoms with Crippen LogP contribution in [-0.4, -0.2) is 15.0 Å². The van der Waals surface area contributed by atoms with Crippen molar-refractivity contribution in [2.24, 2.45) is 0 Å². The van der Waals surface area contributed by atoms with Crippen molar-refractivity contribution in [3.05, 3.63) is 200 Å². The van der Waals surface area contributed by atoms with Crippen LogP contribution in [0.3, 0.4) is 0 Å². The summed E-state index contributed by atoms with van der Waals surface area (Å²) in [6.07, 6.45) is 0. The summed E-state index contributed by atoms with van der Waals surface area (Å²) < 4.78 is 6.91. The van der Waals surface area contributed by atoms with E-state index in [0.29, 0.717) is 17.5 Å². The molecule has 0 bridgehead atoms. The van der Waals surface area contributed by atoms with E-state index in [4.69, 9.17) is 19.4 Å². The van der Waals surface area contributed by atoms with Gasteiger partial charge in [-0.1, -0.05) is 176 Å². The van der Waals surface area contributed by atoms with Crippen molar-refractivity contribution >= 4 is 43.5 Å². The van der Waals surface area contributed by atoms with Crippen LogP contribution in [-0.2, 0) is 0 Å². The van der Waals surface area contributed by atoms with Crippen molar-refractivity contribution in [3.8, 4) is 67.5 Å². The Kier molecular flexibility index (Phi) is 7.78. The Morgan fingerprint density at radius 1 is 0.298 bits per heavy atom. The summed E-state index contributed by atoms with van der Waals surface area (Å²) in [5, 5.41) is 6.68. The Bertz CT molecular complexity index is 3210. The number of benzene rings is 9. The molecule has 266 valence electrons. The Hall–Kier alpha value is -7.69. The molecule has 9 aromatic carbocycles. The van der Waals surface area contributed by atoms with Crippen LogP contribution in [0.25, 0.3) is 111 Å². The van der Waals surface area contributed by atoms with E-state index in [0.717, 1.165) is 77.0 Å². The highest BCUT2D eigenvalue weighted by molar-refractivity contribution is 6.21. The predicted octanol–water partition coefficient (Wildman–Crippen LogP) is 14.1. The fourth-order valence-electron chi connectivity index (χ4n) is 8.15. The molecule has 0 saturated heterocycles. The van der Waals surface area contributed by atoms with Gasteiger partial charge in [0.05, 0.1) is 0 Å². The van der Waals surface area contributed by atoms with Crippen molar-refractivity contribution in [1.82, 2.24) is 15.0 Å². The first kappa shape index (κ1) is 32.7. The Labute approximate surface area is 329 Å². The number of rotatable bonds is 6. The molecule has 0 aliphatic rings. The fraction of sp³-hybridized carbons (Fsp3) is 0. The predicted molar refractivity (Wildman–Crippen MR) is 235 cm³/mol. The maximum atomic E-state index is 6.91. The topological polar surface area (TPSA) is 51.8 Å².